The molecule has 6 heteroatoms. The average molecular weight is 297 g/mol. The van der Waals surface area contributed by atoms with E-state index in [0.717, 1.165) is 16.7 Å². The SMILES string of the molecule is Cc1ccc(/C=N/NC(=O)c2ccc([N+](=O)[O-])cc2)c(C)c1. The molecule has 0 spiro atoms. The summed E-state index contributed by atoms with van der Waals surface area (Å²) in [6.45, 7) is 3.97. The van der Waals surface area contributed by atoms with Gasteiger partial charge in [0.15, 0.2) is 0 Å². The number of hydrogen-bond donors (Lipinski definition) is 1. The van der Waals surface area contributed by atoms with Crippen molar-refractivity contribution in [3.8, 4) is 0 Å². The Kier molecular flexibility index (Phi) is 4.63. The average Bonchev–Trinajstić information content (AvgIpc) is 2.49. The minimum absolute atomic E-state index is 0.0599. The van der Waals surface area contributed by atoms with Crippen LogP contribution >= 0.6 is 0 Å². The maximum Gasteiger partial charge on any atom is 0.271 e. The number of hydrogen-bond acceptors (Lipinski definition) is 4. The molecule has 0 aliphatic rings. The maximum atomic E-state index is 11.9. The lowest BCUT2D eigenvalue weighted by atomic mass is 10.1. The first-order valence-electron chi connectivity index (χ1n) is 6.62. The van der Waals surface area contributed by atoms with E-state index in [0.29, 0.717) is 5.56 Å². The van der Waals surface area contributed by atoms with Gasteiger partial charge in [-0.15, -0.1) is 0 Å². The lowest BCUT2D eigenvalue weighted by Crippen LogP contribution is -2.17. The molecule has 0 aromatic heterocycles. The number of nitro groups is 1. The first kappa shape index (κ1) is 15.4. The molecule has 0 aliphatic carbocycles. The monoisotopic (exact) mass is 297 g/mol. The van der Waals surface area contributed by atoms with E-state index in [1.165, 1.54) is 24.3 Å². The van der Waals surface area contributed by atoms with Gasteiger partial charge >= 0.3 is 0 Å². The predicted molar refractivity (Wildman–Crippen MR) is 84.1 cm³/mol. The summed E-state index contributed by atoms with van der Waals surface area (Å²) in [6, 6.07) is 11.3. The van der Waals surface area contributed by atoms with Crippen LogP contribution in [0.25, 0.3) is 0 Å². The van der Waals surface area contributed by atoms with Crippen LogP contribution in [0.2, 0.25) is 0 Å². The summed E-state index contributed by atoms with van der Waals surface area (Å²) in [5, 5.41) is 14.5. The number of benzene rings is 2. The molecule has 1 N–H and O–H groups in total. The molecule has 6 nitrogen and oxygen atoms in total. The van der Waals surface area contributed by atoms with Gasteiger partial charge in [-0.25, -0.2) is 5.43 Å². The quantitative estimate of drug-likeness (QED) is 0.535. The highest BCUT2D eigenvalue weighted by atomic mass is 16.6. The smallest absolute Gasteiger partial charge is 0.267 e. The van der Waals surface area contributed by atoms with Crippen molar-refractivity contribution < 1.29 is 9.72 Å². The van der Waals surface area contributed by atoms with Gasteiger partial charge in [0, 0.05) is 17.7 Å². The summed E-state index contributed by atoms with van der Waals surface area (Å²) in [6.07, 6.45) is 1.57. The second kappa shape index (κ2) is 6.62. The fourth-order valence-corrected chi connectivity index (χ4v) is 1.93. The number of carbonyl (C=O) groups is 1. The largest absolute Gasteiger partial charge is 0.271 e. The number of amides is 1. The van der Waals surface area contributed by atoms with E-state index >= 15 is 0 Å². The summed E-state index contributed by atoms with van der Waals surface area (Å²) in [7, 11) is 0. The van der Waals surface area contributed by atoms with Crippen LogP contribution in [0, 0.1) is 24.0 Å². The van der Waals surface area contributed by atoms with Crippen molar-refractivity contribution in [2.75, 3.05) is 0 Å². The van der Waals surface area contributed by atoms with Gasteiger partial charge in [0.05, 0.1) is 11.1 Å². The molecule has 0 bridgehead atoms. The zero-order valence-electron chi connectivity index (χ0n) is 12.2. The fourth-order valence-electron chi connectivity index (χ4n) is 1.93. The van der Waals surface area contributed by atoms with Crippen molar-refractivity contribution in [2.45, 2.75) is 13.8 Å². The number of carbonyl (C=O) groups excluding carboxylic acids is 1. The molecule has 0 heterocycles. The summed E-state index contributed by atoms with van der Waals surface area (Å²) in [5.74, 6) is -0.420. The Bertz CT molecular complexity index is 737. The minimum atomic E-state index is -0.514. The molecule has 2 aromatic rings. The lowest BCUT2D eigenvalue weighted by Gasteiger charge is -2.02. The second-order valence-corrected chi connectivity index (χ2v) is 4.86. The Hall–Kier alpha value is -3.02. The Morgan fingerprint density at radius 1 is 1.18 bits per heavy atom. The molecule has 22 heavy (non-hydrogen) atoms. The van der Waals surface area contributed by atoms with Crippen molar-refractivity contribution in [1.29, 1.82) is 0 Å². The van der Waals surface area contributed by atoms with Gasteiger partial charge in [0.25, 0.3) is 11.6 Å². The Labute approximate surface area is 127 Å². The van der Waals surface area contributed by atoms with Crippen molar-refractivity contribution >= 4 is 17.8 Å². The van der Waals surface area contributed by atoms with E-state index in [1.54, 1.807) is 6.21 Å². The molecule has 0 aliphatic heterocycles. The molecule has 0 radical (unpaired) electrons. The Morgan fingerprint density at radius 2 is 1.86 bits per heavy atom. The summed E-state index contributed by atoms with van der Waals surface area (Å²) in [4.78, 5) is 21.9. The van der Waals surface area contributed by atoms with Gasteiger partial charge in [-0.05, 0) is 37.1 Å². The highest BCUT2D eigenvalue weighted by Crippen LogP contribution is 2.12. The van der Waals surface area contributed by atoms with Crippen molar-refractivity contribution in [1.82, 2.24) is 5.43 Å². The van der Waals surface area contributed by atoms with Crippen LogP contribution in [0.3, 0.4) is 0 Å². The summed E-state index contributed by atoms with van der Waals surface area (Å²) in [5.41, 5.74) is 5.78. The number of non-ortho nitro benzene ring substituents is 1. The number of rotatable bonds is 4. The number of hydrazone groups is 1. The van der Waals surface area contributed by atoms with Crippen LogP contribution < -0.4 is 5.43 Å². The normalized spacial score (nSPS) is 10.6. The first-order valence-corrected chi connectivity index (χ1v) is 6.62. The summed E-state index contributed by atoms with van der Waals surface area (Å²) >= 11 is 0. The third-order valence-corrected chi connectivity index (χ3v) is 3.14. The van der Waals surface area contributed by atoms with E-state index in [1.807, 2.05) is 32.0 Å². The van der Waals surface area contributed by atoms with Crippen molar-refractivity contribution in [3.63, 3.8) is 0 Å². The molecule has 0 atom stereocenters. The molecule has 2 rings (SSSR count). The highest BCUT2D eigenvalue weighted by Gasteiger charge is 2.08. The molecule has 0 unspecified atom stereocenters. The van der Waals surface area contributed by atoms with Crippen LogP contribution in [0.1, 0.15) is 27.0 Å². The minimum Gasteiger partial charge on any atom is -0.267 e. The third kappa shape index (κ3) is 3.76. The number of nitrogens with one attached hydrogen (secondary N) is 1. The topological polar surface area (TPSA) is 84.6 Å². The first-order chi connectivity index (χ1) is 10.5. The molecule has 1 amide bonds. The van der Waals surface area contributed by atoms with E-state index in [2.05, 4.69) is 10.5 Å². The van der Waals surface area contributed by atoms with Crippen LogP contribution in [0.15, 0.2) is 47.6 Å². The van der Waals surface area contributed by atoms with Crippen LogP contribution in [0.5, 0.6) is 0 Å². The molecule has 2 aromatic carbocycles. The molecular weight excluding hydrogens is 282 g/mol. The Balaban J connectivity index is 2.02. The Morgan fingerprint density at radius 3 is 2.45 bits per heavy atom. The molecular formula is C16H15N3O3. The van der Waals surface area contributed by atoms with Gasteiger partial charge in [-0.2, -0.15) is 5.10 Å². The van der Waals surface area contributed by atoms with Gasteiger partial charge < -0.3 is 0 Å². The third-order valence-electron chi connectivity index (χ3n) is 3.14. The van der Waals surface area contributed by atoms with Crippen LogP contribution in [-0.4, -0.2) is 17.0 Å². The fraction of sp³-hybridized carbons (Fsp3) is 0.125. The van der Waals surface area contributed by atoms with Crippen LogP contribution in [-0.2, 0) is 0 Å². The van der Waals surface area contributed by atoms with E-state index < -0.39 is 10.8 Å². The van der Waals surface area contributed by atoms with Crippen LogP contribution in [0.4, 0.5) is 5.69 Å². The van der Waals surface area contributed by atoms with E-state index in [4.69, 9.17) is 0 Å². The summed E-state index contributed by atoms with van der Waals surface area (Å²) < 4.78 is 0. The standard InChI is InChI=1S/C16H15N3O3/c1-11-3-4-14(12(2)9-11)10-17-18-16(20)13-5-7-15(8-6-13)19(21)22/h3-10H,1-2H3,(H,18,20)/b17-10+. The zero-order valence-corrected chi connectivity index (χ0v) is 12.2. The lowest BCUT2D eigenvalue weighted by molar-refractivity contribution is -0.384. The van der Waals surface area contributed by atoms with E-state index in [9.17, 15) is 14.9 Å². The van der Waals surface area contributed by atoms with Crippen molar-refractivity contribution in [3.05, 3.63) is 74.8 Å². The molecule has 0 fully saturated rings. The highest BCUT2D eigenvalue weighted by molar-refractivity contribution is 5.95. The predicted octanol–water partition coefficient (Wildman–Crippen LogP) is 2.98. The number of aryl methyl sites for hydroxylation is 2. The van der Waals surface area contributed by atoms with Gasteiger partial charge in [-0.1, -0.05) is 23.8 Å². The molecule has 0 saturated heterocycles. The van der Waals surface area contributed by atoms with Gasteiger partial charge in [0.2, 0.25) is 0 Å². The van der Waals surface area contributed by atoms with Gasteiger partial charge in [-0.3, -0.25) is 14.9 Å². The zero-order chi connectivity index (χ0) is 16.1. The van der Waals surface area contributed by atoms with Gasteiger partial charge in [0.1, 0.15) is 0 Å². The van der Waals surface area contributed by atoms with E-state index in [-0.39, 0.29) is 5.69 Å². The second-order valence-electron chi connectivity index (χ2n) is 4.86. The maximum absolute atomic E-state index is 11.9. The van der Waals surface area contributed by atoms with Crippen molar-refractivity contribution in [2.24, 2.45) is 5.10 Å². The molecule has 0 saturated carbocycles. The number of nitrogens with zero attached hydrogens (tertiary/aromatic N) is 2. The molecule has 112 valence electrons. The number of nitro benzene ring substituents is 1.